The lowest BCUT2D eigenvalue weighted by molar-refractivity contribution is -0.127. The van der Waals surface area contributed by atoms with Crippen molar-refractivity contribution in [1.29, 1.82) is 0 Å². The molecule has 0 bridgehead atoms. The smallest absolute Gasteiger partial charge is 0.256 e. The highest BCUT2D eigenvalue weighted by molar-refractivity contribution is 7.14. The van der Waals surface area contributed by atoms with Crippen molar-refractivity contribution in [2.24, 2.45) is 5.92 Å². The van der Waals surface area contributed by atoms with Gasteiger partial charge in [0.1, 0.15) is 5.82 Å². The number of hydrogen-bond acceptors (Lipinski definition) is 4. The van der Waals surface area contributed by atoms with E-state index in [2.05, 4.69) is 15.5 Å². The Hall–Kier alpha value is -2.25. The maximum atomic E-state index is 13.0. The lowest BCUT2D eigenvalue weighted by Gasteiger charge is -2.32. The molecule has 0 atom stereocenters. The van der Waals surface area contributed by atoms with E-state index >= 15 is 0 Å². The summed E-state index contributed by atoms with van der Waals surface area (Å²) in [5.74, 6) is -0.374. The molecule has 1 aromatic heterocycles. The molecule has 0 saturated carbocycles. The molecule has 1 saturated heterocycles. The Kier molecular flexibility index (Phi) is 6.70. The summed E-state index contributed by atoms with van der Waals surface area (Å²) in [4.78, 5) is 26.9. The van der Waals surface area contributed by atoms with E-state index < -0.39 is 0 Å². The second-order valence-corrected chi connectivity index (χ2v) is 9.48. The quantitative estimate of drug-likeness (QED) is 0.764. The van der Waals surface area contributed by atoms with Gasteiger partial charge in [-0.2, -0.15) is 0 Å². The van der Waals surface area contributed by atoms with Crippen LogP contribution in [0.2, 0.25) is 0 Å². The first-order chi connectivity index (χ1) is 13.7. The number of thiophene rings is 1. The minimum absolute atomic E-state index is 0.0820. The second kappa shape index (κ2) is 9.05. The Balaban J connectivity index is 1.48. The molecule has 0 aliphatic carbocycles. The molecule has 156 valence electrons. The molecule has 3 rings (SSSR count). The first-order valence-corrected chi connectivity index (χ1v) is 10.8. The van der Waals surface area contributed by atoms with Crippen molar-refractivity contribution in [1.82, 2.24) is 10.2 Å². The van der Waals surface area contributed by atoms with Crippen molar-refractivity contribution in [3.63, 3.8) is 0 Å². The fourth-order valence-electron chi connectivity index (χ4n) is 3.39. The minimum Gasteiger partial charge on any atom is -0.351 e. The van der Waals surface area contributed by atoms with Gasteiger partial charge in [-0.15, -0.1) is 11.3 Å². The molecule has 1 aromatic carbocycles. The molecular weight excluding hydrogens is 389 g/mol. The lowest BCUT2D eigenvalue weighted by Crippen LogP contribution is -2.46. The van der Waals surface area contributed by atoms with Crippen LogP contribution in [0.4, 0.5) is 9.39 Å². The highest BCUT2D eigenvalue weighted by Crippen LogP contribution is 2.25. The molecule has 2 N–H and O–H groups in total. The van der Waals surface area contributed by atoms with Crippen LogP contribution in [0.15, 0.2) is 35.7 Å². The fourth-order valence-corrected chi connectivity index (χ4v) is 4.18. The monoisotopic (exact) mass is 417 g/mol. The van der Waals surface area contributed by atoms with E-state index in [0.29, 0.717) is 5.56 Å². The SMILES string of the molecule is CC(C)(C)NC(=O)C1CCN(Cc2csc(NC(=O)c3ccc(F)cc3)c2)CC1. The molecule has 2 heterocycles. The topological polar surface area (TPSA) is 61.4 Å². The molecule has 0 unspecified atom stereocenters. The van der Waals surface area contributed by atoms with Gasteiger partial charge in [-0.1, -0.05) is 0 Å². The zero-order valence-electron chi connectivity index (χ0n) is 17.1. The predicted octanol–water partition coefficient (Wildman–Crippen LogP) is 4.27. The highest BCUT2D eigenvalue weighted by Gasteiger charge is 2.27. The van der Waals surface area contributed by atoms with Gasteiger partial charge >= 0.3 is 0 Å². The summed E-state index contributed by atoms with van der Waals surface area (Å²) in [6, 6.07) is 7.48. The van der Waals surface area contributed by atoms with Crippen molar-refractivity contribution in [3.05, 3.63) is 52.7 Å². The largest absolute Gasteiger partial charge is 0.351 e. The highest BCUT2D eigenvalue weighted by atomic mass is 32.1. The van der Waals surface area contributed by atoms with Crippen molar-refractivity contribution in [3.8, 4) is 0 Å². The first kappa shape index (κ1) is 21.5. The molecular formula is C22H28FN3O2S. The Morgan fingerprint density at radius 3 is 2.45 bits per heavy atom. The first-order valence-electron chi connectivity index (χ1n) is 9.88. The molecule has 1 aliphatic rings. The number of piperidine rings is 1. The van der Waals surface area contributed by atoms with Crippen LogP contribution in [-0.2, 0) is 11.3 Å². The van der Waals surface area contributed by atoms with Crippen LogP contribution in [0, 0.1) is 11.7 Å². The molecule has 2 amide bonds. The number of nitrogens with one attached hydrogen (secondary N) is 2. The molecule has 7 heteroatoms. The third-order valence-electron chi connectivity index (χ3n) is 4.86. The van der Waals surface area contributed by atoms with Gasteiger partial charge in [0.2, 0.25) is 5.91 Å². The maximum Gasteiger partial charge on any atom is 0.256 e. The van der Waals surface area contributed by atoms with Crippen LogP contribution in [0.5, 0.6) is 0 Å². The van der Waals surface area contributed by atoms with Gasteiger partial charge in [0.25, 0.3) is 5.91 Å². The lowest BCUT2D eigenvalue weighted by atomic mass is 9.94. The number of benzene rings is 1. The fraction of sp³-hybridized carbons (Fsp3) is 0.455. The van der Waals surface area contributed by atoms with Gasteiger partial charge in [-0.25, -0.2) is 4.39 Å². The van der Waals surface area contributed by atoms with Gasteiger partial charge < -0.3 is 10.6 Å². The molecule has 0 spiro atoms. The summed E-state index contributed by atoms with van der Waals surface area (Å²) in [5.41, 5.74) is 1.37. The van der Waals surface area contributed by atoms with Crippen LogP contribution >= 0.6 is 11.3 Å². The number of halogens is 1. The third-order valence-corrected chi connectivity index (χ3v) is 5.75. The molecule has 29 heavy (non-hydrogen) atoms. The Labute approximate surface area is 175 Å². The second-order valence-electron chi connectivity index (χ2n) is 8.57. The summed E-state index contributed by atoms with van der Waals surface area (Å²) in [5, 5.41) is 8.75. The van der Waals surface area contributed by atoms with Crippen molar-refractivity contribution >= 4 is 28.2 Å². The number of hydrogen-bond donors (Lipinski definition) is 2. The number of likely N-dealkylation sites (tertiary alicyclic amines) is 1. The Bertz CT molecular complexity index is 850. The normalized spacial score (nSPS) is 15.9. The third kappa shape index (κ3) is 6.37. The number of carbonyl (C=O) groups excluding carboxylic acids is 2. The van der Waals surface area contributed by atoms with Gasteiger partial charge in [0.05, 0.1) is 5.00 Å². The number of rotatable bonds is 5. The van der Waals surface area contributed by atoms with Crippen LogP contribution < -0.4 is 10.6 Å². The summed E-state index contributed by atoms with van der Waals surface area (Å²) < 4.78 is 13.0. The van der Waals surface area contributed by atoms with E-state index in [1.165, 1.54) is 35.6 Å². The van der Waals surface area contributed by atoms with Crippen LogP contribution in [-0.4, -0.2) is 35.3 Å². The van der Waals surface area contributed by atoms with E-state index in [0.717, 1.165) is 43.0 Å². The van der Waals surface area contributed by atoms with E-state index in [1.807, 2.05) is 32.2 Å². The summed E-state index contributed by atoms with van der Waals surface area (Å²) in [6.07, 6.45) is 1.72. The minimum atomic E-state index is -0.361. The van der Waals surface area contributed by atoms with Crippen molar-refractivity contribution < 1.29 is 14.0 Å². The van der Waals surface area contributed by atoms with Gasteiger partial charge in [-0.05, 0) is 88.0 Å². The van der Waals surface area contributed by atoms with E-state index in [-0.39, 0.29) is 29.1 Å². The van der Waals surface area contributed by atoms with Gasteiger partial charge in [0.15, 0.2) is 0 Å². The van der Waals surface area contributed by atoms with Crippen LogP contribution in [0.3, 0.4) is 0 Å². The average Bonchev–Trinajstić information content (AvgIpc) is 3.08. The predicted molar refractivity (Wildman–Crippen MR) is 115 cm³/mol. The van der Waals surface area contributed by atoms with E-state index in [4.69, 9.17) is 0 Å². The molecule has 2 aromatic rings. The molecule has 0 radical (unpaired) electrons. The molecule has 1 aliphatic heterocycles. The maximum absolute atomic E-state index is 13.0. The number of carbonyl (C=O) groups is 2. The van der Waals surface area contributed by atoms with E-state index in [1.54, 1.807) is 0 Å². The van der Waals surface area contributed by atoms with Crippen LogP contribution in [0.25, 0.3) is 0 Å². The Morgan fingerprint density at radius 2 is 1.83 bits per heavy atom. The summed E-state index contributed by atoms with van der Waals surface area (Å²) >= 11 is 1.48. The molecule has 5 nitrogen and oxygen atoms in total. The Morgan fingerprint density at radius 1 is 1.17 bits per heavy atom. The molecule has 1 fully saturated rings. The number of anilines is 1. The van der Waals surface area contributed by atoms with Gasteiger partial charge in [-0.3, -0.25) is 14.5 Å². The van der Waals surface area contributed by atoms with Crippen molar-refractivity contribution in [2.75, 3.05) is 18.4 Å². The number of amides is 2. The number of nitrogens with zero attached hydrogens (tertiary/aromatic N) is 1. The van der Waals surface area contributed by atoms with E-state index in [9.17, 15) is 14.0 Å². The standard InChI is InChI=1S/C22H28FN3O2S/c1-22(2,3)25-21(28)17-8-10-26(11-9-17)13-15-12-19(29-14-15)24-20(27)16-4-6-18(23)7-5-16/h4-7,12,14,17H,8-11,13H2,1-3H3,(H,24,27)(H,25,28). The van der Waals surface area contributed by atoms with Crippen LogP contribution in [0.1, 0.15) is 49.5 Å². The summed E-state index contributed by atoms with van der Waals surface area (Å²) in [6.45, 7) is 8.58. The zero-order valence-corrected chi connectivity index (χ0v) is 17.9. The van der Waals surface area contributed by atoms with Gasteiger partial charge in [0, 0.05) is 23.6 Å². The van der Waals surface area contributed by atoms with Crippen molar-refractivity contribution in [2.45, 2.75) is 45.7 Å². The average molecular weight is 418 g/mol. The summed E-state index contributed by atoms with van der Waals surface area (Å²) in [7, 11) is 0. The zero-order chi connectivity index (χ0) is 21.0.